The maximum atomic E-state index is 14.4. The Balaban J connectivity index is 1.21. The molecule has 4 aliphatic rings. The van der Waals surface area contributed by atoms with Gasteiger partial charge in [-0.1, -0.05) is 58.5 Å². The van der Waals surface area contributed by atoms with Crippen LogP contribution in [0.1, 0.15) is 62.5 Å². The van der Waals surface area contributed by atoms with E-state index in [1.54, 1.807) is 24.3 Å². The lowest BCUT2D eigenvalue weighted by molar-refractivity contribution is -0.159. The van der Waals surface area contributed by atoms with Gasteiger partial charge in [0.15, 0.2) is 0 Å². The molecular weight excluding hydrogens is 702 g/mol. The van der Waals surface area contributed by atoms with E-state index in [4.69, 9.17) is 51.1 Å². The average Bonchev–Trinajstić information content (AvgIpc) is 3.14. The topological polar surface area (TPSA) is 73.9 Å². The predicted octanol–water partition coefficient (Wildman–Crippen LogP) is 7.32. The van der Waals surface area contributed by atoms with Gasteiger partial charge in [-0.2, -0.15) is 0 Å². The summed E-state index contributed by atoms with van der Waals surface area (Å²) in [6.45, 7) is 7.10. The number of halogens is 4. The average molecular weight is 753 g/mol. The molecule has 4 heterocycles. The third kappa shape index (κ3) is 9.85. The zero-order valence-corrected chi connectivity index (χ0v) is 31.3. The van der Waals surface area contributed by atoms with Crippen LogP contribution < -0.4 is 10.6 Å². The van der Waals surface area contributed by atoms with Gasteiger partial charge in [0.05, 0.1) is 20.1 Å². The van der Waals surface area contributed by atoms with Crippen molar-refractivity contribution in [1.29, 1.82) is 0 Å². The van der Waals surface area contributed by atoms with Gasteiger partial charge in [0.25, 0.3) is 11.8 Å². The van der Waals surface area contributed by atoms with Gasteiger partial charge in [0.2, 0.25) is 0 Å². The van der Waals surface area contributed by atoms with Gasteiger partial charge in [-0.3, -0.25) is 9.59 Å². The second kappa shape index (κ2) is 17.8. The molecule has 0 radical (unpaired) electrons. The fraction of sp³-hybridized carbons (Fsp3) is 0.632. The number of carbonyl (C=O) groups is 2. The first kappa shape index (κ1) is 37.2. The van der Waals surface area contributed by atoms with Gasteiger partial charge < -0.3 is 25.2 Å². The molecule has 268 valence electrons. The number of nitrogens with one attached hydrogen (secondary N) is 2. The summed E-state index contributed by atoms with van der Waals surface area (Å²) in [5, 5.41) is 8.70. The van der Waals surface area contributed by atoms with Crippen LogP contribution in [0.25, 0.3) is 0 Å². The molecule has 0 unspecified atom stereocenters. The summed E-state index contributed by atoms with van der Waals surface area (Å²) >= 11 is 25.3. The number of carbonyl (C=O) groups excluding carboxylic acids is 2. The Labute approximate surface area is 311 Å². The number of piperidine rings is 4. The molecule has 0 saturated carbocycles. The lowest BCUT2D eigenvalue weighted by Crippen LogP contribution is -2.51. The molecule has 4 aliphatic heterocycles. The van der Waals surface area contributed by atoms with Crippen molar-refractivity contribution in [1.82, 2.24) is 20.4 Å². The molecule has 2 aromatic carbocycles. The molecule has 2 atom stereocenters. The van der Waals surface area contributed by atoms with Crippen molar-refractivity contribution in [3.8, 4) is 0 Å². The minimum Gasteiger partial charge on any atom is -0.355 e. The summed E-state index contributed by atoms with van der Waals surface area (Å²) < 4.78 is 6.76. The molecule has 0 aromatic heterocycles. The molecule has 2 aromatic rings. The Morgan fingerprint density at radius 1 is 0.571 bits per heavy atom. The van der Waals surface area contributed by atoms with Gasteiger partial charge in [-0.15, -0.1) is 0 Å². The van der Waals surface area contributed by atoms with Crippen LogP contribution >= 0.6 is 46.4 Å². The van der Waals surface area contributed by atoms with Crippen LogP contribution in [0, 0.1) is 23.7 Å². The summed E-state index contributed by atoms with van der Waals surface area (Å²) in [5.41, 5.74) is 1.67. The van der Waals surface area contributed by atoms with Crippen LogP contribution in [0.3, 0.4) is 0 Å². The molecule has 2 amide bonds. The fourth-order valence-corrected chi connectivity index (χ4v) is 9.21. The largest absolute Gasteiger partial charge is 0.355 e. The zero-order chi connectivity index (χ0) is 34.3. The van der Waals surface area contributed by atoms with Crippen molar-refractivity contribution < 1.29 is 14.3 Å². The van der Waals surface area contributed by atoms with Crippen molar-refractivity contribution in [2.75, 3.05) is 52.4 Å². The minimum atomic E-state index is -0.864. The summed E-state index contributed by atoms with van der Waals surface area (Å²) in [7, 11) is 0. The number of rotatable bonds is 10. The van der Waals surface area contributed by atoms with Crippen LogP contribution in [0.5, 0.6) is 0 Å². The molecule has 0 spiro atoms. The van der Waals surface area contributed by atoms with Gasteiger partial charge in [-0.05, 0) is 137 Å². The molecule has 6 rings (SSSR count). The van der Waals surface area contributed by atoms with Crippen molar-refractivity contribution in [2.24, 2.45) is 23.7 Å². The number of ether oxygens (including phenoxy) is 1. The van der Waals surface area contributed by atoms with Crippen LogP contribution in [-0.2, 0) is 27.2 Å². The number of benzene rings is 2. The number of amides is 2. The van der Waals surface area contributed by atoms with E-state index >= 15 is 0 Å². The predicted molar refractivity (Wildman–Crippen MR) is 199 cm³/mol. The van der Waals surface area contributed by atoms with E-state index in [1.807, 2.05) is 21.9 Å². The SMILES string of the molecule is O=C([C@@H](Cc1ccc(Cl)c(Cl)c1)O[C@H](Cc1ccc(Cl)c(Cl)c1)C(=O)N1CCC(C2CCNCC2)CC1)N1CCC(C2CCNCC2)CC1. The van der Waals surface area contributed by atoms with E-state index in [1.165, 1.54) is 25.7 Å². The van der Waals surface area contributed by atoms with Crippen molar-refractivity contribution >= 4 is 58.2 Å². The second-order valence-electron chi connectivity index (χ2n) is 14.5. The molecule has 7 nitrogen and oxygen atoms in total. The highest BCUT2D eigenvalue weighted by Gasteiger charge is 2.37. The Hall–Kier alpha value is -1.58. The molecule has 2 N–H and O–H groups in total. The first-order valence-corrected chi connectivity index (χ1v) is 19.8. The smallest absolute Gasteiger partial charge is 0.252 e. The summed E-state index contributed by atoms with van der Waals surface area (Å²) in [6.07, 6.45) is 7.63. The summed E-state index contributed by atoms with van der Waals surface area (Å²) in [4.78, 5) is 32.7. The fourth-order valence-electron chi connectivity index (χ4n) is 8.57. The summed E-state index contributed by atoms with van der Waals surface area (Å²) in [5.74, 6) is 2.55. The highest BCUT2D eigenvalue weighted by Crippen LogP contribution is 2.34. The molecule has 0 aliphatic carbocycles. The van der Waals surface area contributed by atoms with E-state index < -0.39 is 12.2 Å². The van der Waals surface area contributed by atoms with Gasteiger partial charge in [0.1, 0.15) is 12.2 Å². The highest BCUT2D eigenvalue weighted by atomic mass is 35.5. The Kier molecular flexibility index (Phi) is 13.5. The highest BCUT2D eigenvalue weighted by molar-refractivity contribution is 6.42. The van der Waals surface area contributed by atoms with Crippen LogP contribution in [0.4, 0.5) is 0 Å². The first-order valence-electron chi connectivity index (χ1n) is 18.3. The van der Waals surface area contributed by atoms with Crippen molar-refractivity contribution in [3.63, 3.8) is 0 Å². The minimum absolute atomic E-state index is 0.0774. The molecule has 49 heavy (non-hydrogen) atoms. The van der Waals surface area contributed by atoms with E-state index in [-0.39, 0.29) is 24.7 Å². The third-order valence-electron chi connectivity index (χ3n) is 11.5. The molecule has 0 bridgehead atoms. The number of likely N-dealkylation sites (tertiary alicyclic amines) is 2. The number of nitrogens with zero attached hydrogens (tertiary/aromatic N) is 2. The standard InChI is InChI=1S/C38H50Cl4N4O3/c39-31-3-1-25(21-33(31)41)23-35(37(47)45-17-9-29(10-18-45)27-5-13-43-14-6-27)49-36(24-26-2-4-32(40)34(42)22-26)38(48)46-19-11-30(12-20-46)28-7-15-44-16-8-28/h1-4,21-22,27-30,35-36,43-44H,5-20,23-24H2/t35-,36-/m1/s1. The van der Waals surface area contributed by atoms with E-state index in [0.29, 0.717) is 69.9 Å². The quantitative estimate of drug-likeness (QED) is 0.267. The van der Waals surface area contributed by atoms with Gasteiger partial charge in [0, 0.05) is 39.0 Å². The first-order chi connectivity index (χ1) is 23.7. The van der Waals surface area contributed by atoms with E-state index in [2.05, 4.69) is 10.6 Å². The lowest BCUT2D eigenvalue weighted by atomic mass is 9.79. The second-order valence-corrected chi connectivity index (χ2v) is 16.1. The Bertz CT molecular complexity index is 1310. The third-order valence-corrected chi connectivity index (χ3v) is 13.0. The molecule has 4 fully saturated rings. The maximum Gasteiger partial charge on any atom is 0.252 e. The Morgan fingerprint density at radius 2 is 0.918 bits per heavy atom. The lowest BCUT2D eigenvalue weighted by Gasteiger charge is -2.40. The molecular formula is C38H50Cl4N4O3. The monoisotopic (exact) mass is 750 g/mol. The van der Waals surface area contributed by atoms with Crippen LogP contribution in [0.2, 0.25) is 20.1 Å². The van der Waals surface area contributed by atoms with Crippen molar-refractivity contribution in [3.05, 3.63) is 67.6 Å². The van der Waals surface area contributed by atoms with Gasteiger partial charge in [-0.25, -0.2) is 0 Å². The molecule has 4 saturated heterocycles. The molecule has 11 heteroatoms. The maximum absolute atomic E-state index is 14.4. The van der Waals surface area contributed by atoms with E-state index in [0.717, 1.165) is 63.0 Å². The van der Waals surface area contributed by atoms with Crippen LogP contribution in [-0.4, -0.2) is 86.2 Å². The van der Waals surface area contributed by atoms with Crippen molar-refractivity contribution in [2.45, 2.75) is 76.4 Å². The van der Waals surface area contributed by atoms with E-state index in [9.17, 15) is 9.59 Å². The Morgan fingerprint density at radius 3 is 1.27 bits per heavy atom. The zero-order valence-electron chi connectivity index (χ0n) is 28.3. The van der Waals surface area contributed by atoms with Gasteiger partial charge >= 0.3 is 0 Å². The van der Waals surface area contributed by atoms with Crippen LogP contribution in [0.15, 0.2) is 36.4 Å². The normalized spacial score (nSPS) is 21.9. The number of hydrogen-bond acceptors (Lipinski definition) is 5. The number of hydrogen-bond donors (Lipinski definition) is 2. The summed E-state index contributed by atoms with van der Waals surface area (Å²) in [6, 6.07) is 10.8.